The van der Waals surface area contributed by atoms with Crippen molar-refractivity contribution in [1.29, 1.82) is 5.41 Å². The van der Waals surface area contributed by atoms with Gasteiger partial charge >= 0.3 is 5.97 Å². The van der Waals surface area contributed by atoms with E-state index in [-0.39, 0.29) is 17.2 Å². The number of amidine groups is 2. The van der Waals surface area contributed by atoms with Crippen molar-refractivity contribution in [3.8, 4) is 11.5 Å². The summed E-state index contributed by atoms with van der Waals surface area (Å²) in [6, 6.07) is 6.70. The highest BCUT2D eigenvalue weighted by Gasteiger charge is 2.32. The van der Waals surface area contributed by atoms with E-state index in [1.54, 1.807) is 29.6 Å². The van der Waals surface area contributed by atoms with Crippen LogP contribution in [0.4, 0.5) is 0 Å². The summed E-state index contributed by atoms with van der Waals surface area (Å²) in [5.41, 5.74) is 2.16. The number of nitrogens with zero attached hydrogens (tertiary/aromatic N) is 3. The van der Waals surface area contributed by atoms with Crippen molar-refractivity contribution in [1.82, 2.24) is 5.01 Å². The van der Waals surface area contributed by atoms with Crippen LogP contribution in [0.5, 0.6) is 11.5 Å². The molecule has 1 aromatic carbocycles. The molecule has 0 radical (unpaired) electrons. The Hall–Kier alpha value is -2.76. The van der Waals surface area contributed by atoms with Crippen LogP contribution in [0, 0.1) is 5.41 Å². The maximum Gasteiger partial charge on any atom is 0.353 e. The number of amides is 1. The molecule has 0 saturated heterocycles. The Morgan fingerprint density at radius 1 is 1.38 bits per heavy atom. The van der Waals surface area contributed by atoms with E-state index in [1.165, 1.54) is 46.8 Å². The number of hydrogen-bond acceptors (Lipinski definition) is 8. The third-order valence-electron chi connectivity index (χ3n) is 3.88. The smallest absolute Gasteiger partial charge is 0.353 e. The molecule has 0 bridgehead atoms. The van der Waals surface area contributed by atoms with Gasteiger partial charge in [0.1, 0.15) is 4.88 Å². The molecule has 1 aromatic heterocycles. The molecule has 2 aliphatic heterocycles. The normalized spacial score (nSPS) is 16.8. The summed E-state index contributed by atoms with van der Waals surface area (Å²) in [4.78, 5) is 29.0. The number of thiophene rings is 1. The van der Waals surface area contributed by atoms with E-state index in [0.717, 1.165) is 0 Å². The van der Waals surface area contributed by atoms with Crippen LogP contribution in [0.15, 0.2) is 49.8 Å². The lowest BCUT2D eigenvalue weighted by Crippen LogP contribution is -2.35. The average molecular weight is 491 g/mol. The van der Waals surface area contributed by atoms with Gasteiger partial charge in [0.2, 0.25) is 0 Å². The van der Waals surface area contributed by atoms with Crippen molar-refractivity contribution in [3.63, 3.8) is 0 Å². The molecular formula is C18H11BrN4O4S2. The minimum absolute atomic E-state index is 0.0652. The number of benzene rings is 1. The number of esters is 1. The van der Waals surface area contributed by atoms with Crippen LogP contribution in [0.2, 0.25) is 0 Å². The number of carbonyl (C=O) groups is 2. The van der Waals surface area contributed by atoms with Gasteiger partial charge < -0.3 is 9.47 Å². The van der Waals surface area contributed by atoms with Crippen LogP contribution in [0.3, 0.4) is 0 Å². The van der Waals surface area contributed by atoms with Gasteiger partial charge in [-0.1, -0.05) is 6.07 Å². The predicted molar refractivity (Wildman–Crippen MR) is 116 cm³/mol. The van der Waals surface area contributed by atoms with Gasteiger partial charge in [0.15, 0.2) is 22.5 Å². The number of halogens is 1. The second-order valence-corrected chi connectivity index (χ2v) is 8.27. The summed E-state index contributed by atoms with van der Waals surface area (Å²) in [5.74, 6) is -0.573. The zero-order valence-corrected chi connectivity index (χ0v) is 17.9. The van der Waals surface area contributed by atoms with Gasteiger partial charge in [-0.2, -0.15) is 15.1 Å². The van der Waals surface area contributed by atoms with E-state index in [0.29, 0.717) is 25.8 Å². The quantitative estimate of drug-likeness (QED) is 0.394. The molecule has 0 atom stereocenters. The molecular weight excluding hydrogens is 480 g/mol. The first-order chi connectivity index (χ1) is 14.0. The number of hydrazone groups is 1. The Kier molecular flexibility index (Phi) is 5.35. The first-order valence-electron chi connectivity index (χ1n) is 8.04. The minimum Gasteiger partial charge on any atom is -0.493 e. The molecule has 146 valence electrons. The predicted octanol–water partition coefficient (Wildman–Crippen LogP) is 3.99. The molecule has 29 heavy (non-hydrogen) atoms. The van der Waals surface area contributed by atoms with Crippen LogP contribution < -0.4 is 9.47 Å². The molecule has 2 aliphatic rings. The van der Waals surface area contributed by atoms with E-state index in [1.807, 2.05) is 0 Å². The highest BCUT2D eigenvalue weighted by atomic mass is 79.9. The lowest BCUT2D eigenvalue weighted by molar-refractivity contribution is -0.114. The second-order valence-electron chi connectivity index (χ2n) is 5.66. The standard InChI is InChI=1S/C18H11BrN4O4S2/c1-26-12-7-9(5-10-15(20)23-18(22-16(10)24)29-8-21-23)6-11(19)14(12)27-17(25)13-3-2-4-28-13/h2-8,20H,1H3/b10-5+,20-15?. The monoisotopic (exact) mass is 490 g/mol. The lowest BCUT2D eigenvalue weighted by Gasteiger charge is -2.20. The summed E-state index contributed by atoms with van der Waals surface area (Å²) in [5, 5.41) is 15.7. The number of ether oxygens (including phenoxy) is 2. The zero-order chi connectivity index (χ0) is 20.5. The molecule has 3 heterocycles. The molecule has 0 spiro atoms. The zero-order valence-electron chi connectivity index (χ0n) is 14.7. The fraction of sp³-hybridized carbons (Fsp3) is 0.0556. The fourth-order valence-electron chi connectivity index (χ4n) is 2.56. The third-order valence-corrected chi connectivity index (χ3v) is 5.99. The number of fused-ring (bicyclic) bond motifs is 1. The first-order valence-corrected chi connectivity index (χ1v) is 10.6. The first kappa shape index (κ1) is 19.6. The summed E-state index contributed by atoms with van der Waals surface area (Å²) in [6.45, 7) is 0. The molecule has 1 N–H and O–H groups in total. The Morgan fingerprint density at radius 3 is 2.93 bits per heavy atom. The SMILES string of the molecule is COc1cc(/C=C2\C(=N)N3N=CSC3=NC2=O)cc(Br)c1OC(=O)c1cccs1. The van der Waals surface area contributed by atoms with Gasteiger partial charge in [-0.25, -0.2) is 4.79 Å². The van der Waals surface area contributed by atoms with Crippen molar-refractivity contribution in [2.24, 2.45) is 10.1 Å². The van der Waals surface area contributed by atoms with Gasteiger partial charge in [-0.05, 0) is 62.9 Å². The fourth-order valence-corrected chi connectivity index (χ4v) is 4.31. The van der Waals surface area contributed by atoms with Crippen molar-refractivity contribution in [3.05, 3.63) is 50.1 Å². The van der Waals surface area contributed by atoms with Gasteiger partial charge in [0.05, 0.1) is 22.7 Å². The number of carbonyl (C=O) groups excluding carboxylic acids is 2. The van der Waals surface area contributed by atoms with Crippen molar-refractivity contribution in [2.75, 3.05) is 7.11 Å². The van der Waals surface area contributed by atoms with Gasteiger partial charge in [-0.15, -0.1) is 11.3 Å². The minimum atomic E-state index is -0.525. The van der Waals surface area contributed by atoms with Gasteiger partial charge in [-0.3, -0.25) is 10.2 Å². The van der Waals surface area contributed by atoms with Crippen LogP contribution in [0.25, 0.3) is 6.08 Å². The summed E-state index contributed by atoms with van der Waals surface area (Å²) < 4.78 is 11.3. The van der Waals surface area contributed by atoms with Crippen molar-refractivity contribution in [2.45, 2.75) is 0 Å². The van der Waals surface area contributed by atoms with E-state index in [4.69, 9.17) is 14.9 Å². The second kappa shape index (κ2) is 7.93. The lowest BCUT2D eigenvalue weighted by atomic mass is 10.1. The molecule has 11 heteroatoms. The number of thioether (sulfide) groups is 1. The van der Waals surface area contributed by atoms with Gasteiger partial charge in [0, 0.05) is 0 Å². The molecule has 0 unspecified atom stereocenters. The van der Waals surface area contributed by atoms with E-state index in [9.17, 15) is 9.59 Å². The van der Waals surface area contributed by atoms with Crippen molar-refractivity contribution >= 4 is 73.5 Å². The molecule has 8 nitrogen and oxygen atoms in total. The number of hydrogen-bond donors (Lipinski definition) is 1. The van der Waals surface area contributed by atoms with E-state index in [2.05, 4.69) is 26.0 Å². The van der Waals surface area contributed by atoms with Crippen molar-refractivity contribution < 1.29 is 19.1 Å². The highest BCUT2D eigenvalue weighted by Crippen LogP contribution is 2.38. The number of methoxy groups -OCH3 is 1. The number of rotatable bonds is 4. The van der Waals surface area contributed by atoms with Crippen LogP contribution in [-0.4, -0.2) is 40.5 Å². The average Bonchev–Trinajstić information content (AvgIpc) is 3.38. The highest BCUT2D eigenvalue weighted by molar-refractivity contribution is 9.10. The molecule has 2 aromatic rings. The largest absolute Gasteiger partial charge is 0.493 e. The Bertz CT molecular complexity index is 1130. The molecule has 0 aliphatic carbocycles. The molecule has 0 saturated carbocycles. The third kappa shape index (κ3) is 3.76. The Morgan fingerprint density at radius 2 is 2.21 bits per heavy atom. The molecule has 1 amide bonds. The Labute approximate surface area is 181 Å². The summed E-state index contributed by atoms with van der Waals surface area (Å²) in [7, 11) is 1.45. The van der Waals surface area contributed by atoms with Gasteiger partial charge in [0.25, 0.3) is 5.91 Å². The van der Waals surface area contributed by atoms with Crippen LogP contribution in [-0.2, 0) is 4.79 Å². The summed E-state index contributed by atoms with van der Waals surface area (Å²) in [6.07, 6.45) is 1.52. The van der Waals surface area contributed by atoms with E-state index >= 15 is 0 Å². The topological polar surface area (TPSA) is 104 Å². The summed E-state index contributed by atoms with van der Waals surface area (Å²) >= 11 is 5.83. The van der Waals surface area contributed by atoms with Crippen LogP contribution in [0.1, 0.15) is 15.2 Å². The maximum absolute atomic E-state index is 12.3. The molecule has 4 rings (SSSR count). The molecule has 0 fully saturated rings. The number of nitrogens with one attached hydrogen (secondary N) is 1. The Balaban J connectivity index is 1.67. The van der Waals surface area contributed by atoms with E-state index < -0.39 is 11.9 Å². The maximum atomic E-state index is 12.3. The van der Waals surface area contributed by atoms with Crippen LogP contribution >= 0.6 is 39.0 Å². The number of aliphatic imine (C=N–C) groups is 1.